The van der Waals surface area contributed by atoms with Crippen LogP contribution in [0.25, 0.3) is 10.2 Å². The maximum absolute atomic E-state index is 12.3. The minimum atomic E-state index is -0.372. The van der Waals surface area contributed by atoms with Crippen molar-refractivity contribution in [3.05, 3.63) is 29.3 Å². The summed E-state index contributed by atoms with van der Waals surface area (Å²) in [5.41, 5.74) is 0.990. The first kappa shape index (κ1) is 13.5. The van der Waals surface area contributed by atoms with Crippen molar-refractivity contribution >= 4 is 27.5 Å². The van der Waals surface area contributed by atoms with Crippen molar-refractivity contribution in [3.8, 4) is 0 Å². The second-order valence-electron chi connectivity index (χ2n) is 4.83. The fourth-order valence-corrected chi connectivity index (χ4v) is 3.26. The lowest BCUT2D eigenvalue weighted by molar-refractivity contribution is -0.144. The van der Waals surface area contributed by atoms with Gasteiger partial charge in [-0.15, -0.1) is 11.3 Å². The van der Waals surface area contributed by atoms with Gasteiger partial charge in [0.25, 0.3) is 5.91 Å². The summed E-state index contributed by atoms with van der Waals surface area (Å²) in [7, 11) is 1.80. The molecule has 1 aliphatic rings. The molecule has 1 saturated heterocycles. The Bertz CT molecular complexity index is 574. The number of ether oxygens (including phenoxy) is 1. The molecule has 1 unspecified atom stereocenters. The van der Waals surface area contributed by atoms with Crippen LogP contribution in [0.15, 0.2) is 24.3 Å². The standard InChI is InChI=1S/C14H17N3O2S/c1-17(14(18)11-8-15-6-7-19-11)9-13-16-10-4-2-3-5-12(10)20-13/h2-5,11,15H,6-9H2,1H3. The molecule has 5 nitrogen and oxygen atoms in total. The lowest BCUT2D eigenvalue weighted by atomic mass is 10.2. The Labute approximate surface area is 121 Å². The molecular formula is C14H17N3O2S. The van der Waals surface area contributed by atoms with E-state index in [1.165, 1.54) is 0 Å². The van der Waals surface area contributed by atoms with Gasteiger partial charge in [-0.1, -0.05) is 12.1 Å². The second-order valence-corrected chi connectivity index (χ2v) is 5.95. The second kappa shape index (κ2) is 5.87. The molecule has 2 aromatic rings. The van der Waals surface area contributed by atoms with Gasteiger partial charge in [-0.05, 0) is 12.1 Å². The van der Waals surface area contributed by atoms with Crippen molar-refractivity contribution in [3.63, 3.8) is 0 Å². The van der Waals surface area contributed by atoms with Crippen molar-refractivity contribution in [2.45, 2.75) is 12.6 Å². The molecule has 1 amide bonds. The van der Waals surface area contributed by atoms with Gasteiger partial charge < -0.3 is 15.0 Å². The van der Waals surface area contributed by atoms with Crippen LogP contribution in [0, 0.1) is 0 Å². The maximum Gasteiger partial charge on any atom is 0.253 e. The minimum Gasteiger partial charge on any atom is -0.366 e. The molecule has 6 heteroatoms. The highest BCUT2D eigenvalue weighted by molar-refractivity contribution is 7.18. The first-order valence-corrected chi connectivity index (χ1v) is 7.47. The highest BCUT2D eigenvalue weighted by Crippen LogP contribution is 2.22. The van der Waals surface area contributed by atoms with E-state index < -0.39 is 0 Å². The average Bonchev–Trinajstić information content (AvgIpc) is 2.89. The van der Waals surface area contributed by atoms with Crippen LogP contribution in [0.4, 0.5) is 0 Å². The van der Waals surface area contributed by atoms with Gasteiger partial charge in [-0.3, -0.25) is 4.79 Å². The van der Waals surface area contributed by atoms with Gasteiger partial charge in [-0.2, -0.15) is 0 Å². The van der Waals surface area contributed by atoms with E-state index >= 15 is 0 Å². The molecule has 1 fully saturated rings. The summed E-state index contributed by atoms with van der Waals surface area (Å²) in [5, 5.41) is 4.12. The number of fused-ring (bicyclic) bond motifs is 1. The maximum atomic E-state index is 12.3. The third kappa shape index (κ3) is 2.82. The van der Waals surface area contributed by atoms with Crippen LogP contribution in [0.1, 0.15) is 5.01 Å². The smallest absolute Gasteiger partial charge is 0.253 e. The number of nitrogens with zero attached hydrogens (tertiary/aromatic N) is 2. The normalized spacial score (nSPS) is 19.1. The topological polar surface area (TPSA) is 54.5 Å². The number of hydrogen-bond donors (Lipinski definition) is 1. The first-order valence-electron chi connectivity index (χ1n) is 6.66. The Morgan fingerprint density at radius 3 is 3.15 bits per heavy atom. The van der Waals surface area contributed by atoms with E-state index in [1.807, 2.05) is 24.3 Å². The Morgan fingerprint density at radius 2 is 2.40 bits per heavy atom. The molecule has 1 N–H and O–H groups in total. The number of hydrogen-bond acceptors (Lipinski definition) is 5. The highest BCUT2D eigenvalue weighted by Gasteiger charge is 2.25. The Hall–Kier alpha value is -1.50. The van der Waals surface area contributed by atoms with Crippen LogP contribution < -0.4 is 5.32 Å². The zero-order valence-corrected chi connectivity index (χ0v) is 12.2. The number of nitrogens with one attached hydrogen (secondary N) is 1. The number of benzene rings is 1. The molecule has 0 bridgehead atoms. The third-order valence-corrected chi connectivity index (χ3v) is 4.31. The van der Waals surface area contributed by atoms with E-state index in [1.54, 1.807) is 23.3 Å². The summed E-state index contributed by atoms with van der Waals surface area (Å²) in [4.78, 5) is 18.5. The van der Waals surface area contributed by atoms with Crippen LogP contribution in [0.5, 0.6) is 0 Å². The summed E-state index contributed by atoms with van der Waals surface area (Å²) in [6.45, 7) is 2.51. The number of likely N-dealkylation sites (N-methyl/N-ethyl adjacent to an activating group) is 1. The number of rotatable bonds is 3. The number of thiazole rings is 1. The fourth-order valence-electron chi connectivity index (χ4n) is 2.24. The summed E-state index contributed by atoms with van der Waals surface area (Å²) in [5.74, 6) is 0.0106. The van der Waals surface area contributed by atoms with Crippen molar-refractivity contribution < 1.29 is 9.53 Å². The summed E-state index contributed by atoms with van der Waals surface area (Å²) < 4.78 is 6.64. The van der Waals surface area contributed by atoms with Crippen LogP contribution in [-0.4, -0.2) is 48.6 Å². The average molecular weight is 291 g/mol. The molecule has 0 aliphatic carbocycles. The molecule has 1 atom stereocenters. The van der Waals surface area contributed by atoms with Gasteiger partial charge >= 0.3 is 0 Å². The van der Waals surface area contributed by atoms with Crippen molar-refractivity contribution in [1.82, 2.24) is 15.2 Å². The van der Waals surface area contributed by atoms with Crippen LogP contribution in [0.3, 0.4) is 0 Å². The predicted molar refractivity (Wildman–Crippen MR) is 78.7 cm³/mol. The molecule has 20 heavy (non-hydrogen) atoms. The molecule has 0 saturated carbocycles. The summed E-state index contributed by atoms with van der Waals surface area (Å²) in [6.07, 6.45) is -0.372. The van der Waals surface area contributed by atoms with Gasteiger partial charge in [0.05, 0.1) is 23.4 Å². The third-order valence-electron chi connectivity index (χ3n) is 3.29. The lowest BCUT2D eigenvalue weighted by Crippen LogP contribution is -2.48. The molecule has 1 aromatic heterocycles. The van der Waals surface area contributed by atoms with E-state index in [-0.39, 0.29) is 12.0 Å². The monoisotopic (exact) mass is 291 g/mol. The number of amides is 1. The molecule has 0 spiro atoms. The van der Waals surface area contributed by atoms with E-state index in [9.17, 15) is 4.79 Å². The number of aromatic nitrogens is 1. The SMILES string of the molecule is CN(Cc1nc2ccccc2s1)C(=O)C1CNCCO1. The summed E-state index contributed by atoms with van der Waals surface area (Å²) in [6, 6.07) is 8.01. The molecule has 3 rings (SSSR count). The number of carbonyl (C=O) groups is 1. The Kier molecular flexibility index (Phi) is 3.95. The Balaban J connectivity index is 1.68. The number of carbonyl (C=O) groups excluding carboxylic acids is 1. The van der Waals surface area contributed by atoms with Crippen molar-refractivity contribution in [2.24, 2.45) is 0 Å². The van der Waals surface area contributed by atoms with Gasteiger partial charge in [0.2, 0.25) is 0 Å². The highest BCUT2D eigenvalue weighted by atomic mass is 32.1. The van der Waals surface area contributed by atoms with E-state index in [0.29, 0.717) is 19.7 Å². The van der Waals surface area contributed by atoms with Gasteiger partial charge in [0.15, 0.2) is 0 Å². The molecule has 106 valence electrons. The largest absolute Gasteiger partial charge is 0.366 e. The first-order chi connectivity index (χ1) is 9.74. The van der Waals surface area contributed by atoms with Gasteiger partial charge in [0, 0.05) is 20.1 Å². The molecule has 1 aromatic carbocycles. The fraction of sp³-hybridized carbons (Fsp3) is 0.429. The van der Waals surface area contributed by atoms with E-state index in [0.717, 1.165) is 21.8 Å². The number of para-hydroxylation sites is 1. The zero-order chi connectivity index (χ0) is 13.9. The van der Waals surface area contributed by atoms with Crippen LogP contribution in [0.2, 0.25) is 0 Å². The quantitative estimate of drug-likeness (QED) is 0.924. The van der Waals surface area contributed by atoms with Crippen LogP contribution in [-0.2, 0) is 16.1 Å². The number of morpholine rings is 1. The Morgan fingerprint density at radius 1 is 1.55 bits per heavy atom. The molecule has 1 aliphatic heterocycles. The van der Waals surface area contributed by atoms with E-state index in [2.05, 4.69) is 10.3 Å². The van der Waals surface area contributed by atoms with Gasteiger partial charge in [0.1, 0.15) is 11.1 Å². The predicted octanol–water partition coefficient (Wildman–Crippen LogP) is 1.24. The minimum absolute atomic E-state index is 0.0106. The molecule has 0 radical (unpaired) electrons. The summed E-state index contributed by atoms with van der Waals surface area (Å²) >= 11 is 1.63. The van der Waals surface area contributed by atoms with Crippen molar-refractivity contribution in [2.75, 3.05) is 26.7 Å². The zero-order valence-electron chi connectivity index (χ0n) is 11.3. The van der Waals surface area contributed by atoms with E-state index in [4.69, 9.17) is 4.74 Å². The van der Waals surface area contributed by atoms with Gasteiger partial charge in [-0.25, -0.2) is 4.98 Å². The molecule has 2 heterocycles. The molecular weight excluding hydrogens is 274 g/mol. The van der Waals surface area contributed by atoms with Crippen LogP contribution >= 0.6 is 11.3 Å². The van der Waals surface area contributed by atoms with Crippen molar-refractivity contribution in [1.29, 1.82) is 0 Å². The lowest BCUT2D eigenvalue weighted by Gasteiger charge is -2.26.